The Morgan fingerprint density at radius 1 is 1.18 bits per heavy atom. The van der Waals surface area contributed by atoms with Crippen LogP contribution in [0.15, 0.2) is 29.3 Å². The van der Waals surface area contributed by atoms with Crippen molar-refractivity contribution < 1.29 is 5.11 Å². The number of rotatable bonds is 8. The molecule has 0 aliphatic heterocycles. The van der Waals surface area contributed by atoms with Gasteiger partial charge in [0.25, 0.3) is 0 Å². The molecule has 0 bridgehead atoms. The summed E-state index contributed by atoms with van der Waals surface area (Å²) < 4.78 is 0. The Balaban J connectivity index is 0.00000441. The third kappa shape index (κ3) is 6.52. The van der Waals surface area contributed by atoms with E-state index >= 15 is 0 Å². The molecule has 0 fully saturated rings. The van der Waals surface area contributed by atoms with E-state index in [1.54, 1.807) is 0 Å². The first-order chi connectivity index (χ1) is 10.1. The minimum atomic E-state index is 0. The predicted molar refractivity (Wildman–Crippen MR) is 106 cm³/mol. The van der Waals surface area contributed by atoms with E-state index in [4.69, 9.17) is 5.73 Å². The monoisotopic (exact) mass is 419 g/mol. The number of hydrogen-bond acceptors (Lipinski definition) is 2. The number of anilines is 1. The van der Waals surface area contributed by atoms with Gasteiger partial charge in [-0.2, -0.15) is 0 Å². The van der Waals surface area contributed by atoms with Crippen LogP contribution in [0.4, 0.5) is 5.69 Å². The first-order valence-corrected chi connectivity index (χ1v) is 7.86. The molecule has 0 saturated heterocycles. The second-order valence-corrected chi connectivity index (χ2v) is 5.56. The number of nitrogens with one attached hydrogen (secondary N) is 1. The van der Waals surface area contributed by atoms with Gasteiger partial charge in [-0.25, -0.2) is 0 Å². The number of halogens is 1. The molecule has 0 aliphatic rings. The van der Waals surface area contributed by atoms with Crippen molar-refractivity contribution in [2.45, 2.75) is 46.5 Å². The van der Waals surface area contributed by atoms with Crippen LogP contribution < -0.4 is 11.1 Å². The highest BCUT2D eigenvalue weighted by atomic mass is 127. The van der Waals surface area contributed by atoms with Crippen LogP contribution in [-0.2, 0) is 6.42 Å². The maximum absolute atomic E-state index is 9.22. The van der Waals surface area contributed by atoms with Crippen molar-refractivity contribution in [2.75, 3.05) is 18.5 Å². The van der Waals surface area contributed by atoms with E-state index in [0.717, 1.165) is 31.4 Å². The fraction of sp³-hybridized carbons (Fsp3) is 0.588. The zero-order valence-electron chi connectivity index (χ0n) is 13.9. The number of aliphatic imine (C=N–C) groups is 1. The van der Waals surface area contributed by atoms with Crippen molar-refractivity contribution in [1.82, 2.24) is 0 Å². The summed E-state index contributed by atoms with van der Waals surface area (Å²) in [5.41, 5.74) is 8.27. The van der Waals surface area contributed by atoms with E-state index in [2.05, 4.69) is 43.2 Å². The Morgan fingerprint density at radius 2 is 1.77 bits per heavy atom. The van der Waals surface area contributed by atoms with Gasteiger partial charge in [0.05, 0.1) is 0 Å². The van der Waals surface area contributed by atoms with Gasteiger partial charge >= 0.3 is 0 Å². The second kappa shape index (κ2) is 10.8. The molecule has 1 aromatic rings. The zero-order valence-corrected chi connectivity index (χ0v) is 16.3. The Bertz CT molecular complexity index is 442. The van der Waals surface area contributed by atoms with Crippen LogP contribution in [0.2, 0.25) is 0 Å². The largest absolute Gasteiger partial charge is 0.396 e. The number of aryl methyl sites for hydroxylation is 1. The molecule has 0 unspecified atom stereocenters. The fourth-order valence-electron chi connectivity index (χ4n) is 2.41. The van der Waals surface area contributed by atoms with Crippen molar-refractivity contribution in [2.24, 2.45) is 16.1 Å². The highest BCUT2D eigenvalue weighted by Gasteiger charge is 2.25. The van der Waals surface area contributed by atoms with Crippen molar-refractivity contribution in [1.29, 1.82) is 0 Å². The molecule has 0 spiro atoms. The Morgan fingerprint density at radius 3 is 2.23 bits per heavy atom. The summed E-state index contributed by atoms with van der Waals surface area (Å²) in [6.45, 7) is 7.26. The van der Waals surface area contributed by atoms with Crippen molar-refractivity contribution >= 4 is 35.6 Å². The first-order valence-electron chi connectivity index (χ1n) is 7.86. The number of aliphatic hydroxyl groups excluding tert-OH is 1. The van der Waals surface area contributed by atoms with Crippen LogP contribution in [0.1, 0.15) is 45.6 Å². The second-order valence-electron chi connectivity index (χ2n) is 5.56. The normalized spacial score (nSPS) is 11.9. The standard InChI is InChI=1S/C17H29N3O.HI/c1-4-14-7-9-15(10-8-14)20-16(18)19-13-17(5-2,6-3)11-12-21;/h7-10,21H,4-6,11-13H2,1-3H3,(H3,18,19,20);1H. The van der Waals surface area contributed by atoms with E-state index in [-0.39, 0.29) is 36.0 Å². The van der Waals surface area contributed by atoms with Gasteiger partial charge in [-0.1, -0.05) is 32.9 Å². The third-order valence-corrected chi connectivity index (χ3v) is 4.36. The van der Waals surface area contributed by atoms with Gasteiger partial charge in [0.1, 0.15) is 0 Å². The molecule has 0 saturated carbocycles. The molecule has 0 aliphatic carbocycles. The van der Waals surface area contributed by atoms with Crippen LogP contribution in [-0.4, -0.2) is 24.2 Å². The molecule has 0 radical (unpaired) electrons. The summed E-state index contributed by atoms with van der Waals surface area (Å²) in [7, 11) is 0. The van der Waals surface area contributed by atoms with Gasteiger partial charge < -0.3 is 16.2 Å². The van der Waals surface area contributed by atoms with Crippen LogP contribution in [0, 0.1) is 5.41 Å². The SMILES string of the molecule is CCc1ccc(NC(N)=NCC(CC)(CC)CCO)cc1.I. The first kappa shape index (κ1) is 21.2. The lowest BCUT2D eigenvalue weighted by Crippen LogP contribution is -2.29. The van der Waals surface area contributed by atoms with Crippen LogP contribution in [0.5, 0.6) is 0 Å². The summed E-state index contributed by atoms with van der Waals surface area (Å²) in [6, 6.07) is 8.21. The molecule has 4 N–H and O–H groups in total. The Hall–Kier alpha value is -0.820. The van der Waals surface area contributed by atoms with E-state index in [1.165, 1.54) is 5.56 Å². The molecule has 0 aromatic heterocycles. The molecule has 0 atom stereocenters. The molecule has 126 valence electrons. The average Bonchev–Trinajstić information content (AvgIpc) is 2.52. The lowest BCUT2D eigenvalue weighted by Gasteiger charge is -2.29. The van der Waals surface area contributed by atoms with Crippen molar-refractivity contribution in [3.63, 3.8) is 0 Å². The van der Waals surface area contributed by atoms with Gasteiger partial charge in [0.2, 0.25) is 0 Å². The van der Waals surface area contributed by atoms with E-state index in [0.29, 0.717) is 12.5 Å². The van der Waals surface area contributed by atoms with Gasteiger partial charge in [0, 0.05) is 18.8 Å². The predicted octanol–water partition coefficient (Wildman–Crippen LogP) is 3.78. The summed E-state index contributed by atoms with van der Waals surface area (Å²) in [5, 5.41) is 12.3. The Kier molecular flexibility index (Phi) is 10.4. The molecule has 4 nitrogen and oxygen atoms in total. The highest BCUT2D eigenvalue weighted by molar-refractivity contribution is 14.0. The van der Waals surface area contributed by atoms with Gasteiger partial charge in [-0.15, -0.1) is 24.0 Å². The molecule has 0 heterocycles. The number of hydrogen-bond donors (Lipinski definition) is 3. The topological polar surface area (TPSA) is 70.6 Å². The number of nitrogens with two attached hydrogens (primary N) is 1. The lowest BCUT2D eigenvalue weighted by molar-refractivity contribution is 0.175. The van der Waals surface area contributed by atoms with E-state index < -0.39 is 0 Å². The van der Waals surface area contributed by atoms with Gasteiger partial charge in [-0.3, -0.25) is 4.99 Å². The number of nitrogens with zero attached hydrogens (tertiary/aromatic N) is 1. The number of benzene rings is 1. The fourth-order valence-corrected chi connectivity index (χ4v) is 2.41. The molecular weight excluding hydrogens is 389 g/mol. The molecular formula is C17H30IN3O. The summed E-state index contributed by atoms with van der Waals surface area (Å²) >= 11 is 0. The number of guanidine groups is 1. The quantitative estimate of drug-likeness (QED) is 0.341. The molecule has 1 rings (SSSR count). The maximum atomic E-state index is 9.22. The van der Waals surface area contributed by atoms with Crippen LogP contribution >= 0.6 is 24.0 Å². The van der Waals surface area contributed by atoms with Gasteiger partial charge in [-0.05, 0) is 48.8 Å². The summed E-state index contributed by atoms with van der Waals surface area (Å²) in [6.07, 6.45) is 3.78. The van der Waals surface area contributed by atoms with E-state index in [9.17, 15) is 5.11 Å². The highest BCUT2D eigenvalue weighted by Crippen LogP contribution is 2.30. The Labute approximate surface area is 151 Å². The maximum Gasteiger partial charge on any atom is 0.193 e. The summed E-state index contributed by atoms with van der Waals surface area (Å²) in [5.74, 6) is 0.434. The smallest absolute Gasteiger partial charge is 0.193 e. The van der Waals surface area contributed by atoms with Gasteiger partial charge in [0.15, 0.2) is 5.96 Å². The molecule has 22 heavy (non-hydrogen) atoms. The minimum Gasteiger partial charge on any atom is -0.396 e. The van der Waals surface area contributed by atoms with E-state index in [1.807, 2.05) is 12.1 Å². The zero-order chi connectivity index (χ0) is 15.7. The van der Waals surface area contributed by atoms with Crippen molar-refractivity contribution in [3.8, 4) is 0 Å². The molecule has 5 heteroatoms. The van der Waals surface area contributed by atoms with Crippen LogP contribution in [0.3, 0.4) is 0 Å². The molecule has 0 amide bonds. The average molecular weight is 419 g/mol. The van der Waals surface area contributed by atoms with Crippen molar-refractivity contribution in [3.05, 3.63) is 29.8 Å². The number of aliphatic hydroxyl groups is 1. The molecule has 1 aromatic carbocycles. The minimum absolute atomic E-state index is 0. The van der Waals surface area contributed by atoms with Crippen LogP contribution in [0.25, 0.3) is 0 Å². The lowest BCUT2D eigenvalue weighted by atomic mass is 9.79. The summed E-state index contributed by atoms with van der Waals surface area (Å²) in [4.78, 5) is 4.47. The third-order valence-electron chi connectivity index (χ3n) is 4.36.